The Morgan fingerprint density at radius 1 is 0.913 bits per heavy atom. The van der Waals surface area contributed by atoms with E-state index in [2.05, 4.69) is 5.32 Å². The molecule has 1 N–H and O–H groups in total. The highest BCUT2D eigenvalue weighted by atomic mass is 35.5. The largest absolute Gasteiger partial charge is 0.495 e. The van der Waals surface area contributed by atoms with Crippen molar-refractivity contribution in [3.8, 4) is 5.75 Å². The van der Waals surface area contributed by atoms with Crippen molar-refractivity contribution >= 4 is 39.1 Å². The molecule has 4 rings (SSSR count). The number of sulfonamides is 1. The first-order chi connectivity index (χ1) is 22.0. The van der Waals surface area contributed by atoms with Gasteiger partial charge in [0.1, 0.15) is 18.3 Å². The number of nitrogens with zero attached hydrogens (tertiary/aromatic N) is 2. The van der Waals surface area contributed by atoms with Gasteiger partial charge in [0.25, 0.3) is 10.0 Å². The number of hydrogen-bond donors (Lipinski definition) is 1. The summed E-state index contributed by atoms with van der Waals surface area (Å²) < 4.78 is 35.2. The van der Waals surface area contributed by atoms with Crippen molar-refractivity contribution < 1.29 is 22.7 Å². The fourth-order valence-corrected chi connectivity index (χ4v) is 6.67. The van der Waals surface area contributed by atoms with Gasteiger partial charge in [0, 0.05) is 24.0 Å². The van der Waals surface area contributed by atoms with Gasteiger partial charge in [0.05, 0.1) is 17.7 Å². The van der Waals surface area contributed by atoms with E-state index < -0.39 is 28.5 Å². The van der Waals surface area contributed by atoms with Crippen LogP contribution in [0.5, 0.6) is 5.75 Å². The predicted octanol–water partition coefficient (Wildman–Crippen LogP) is 6.41. The van der Waals surface area contributed by atoms with Crippen molar-refractivity contribution in [3.05, 3.63) is 125 Å². The monoisotopic (exact) mass is 661 g/mol. The number of hydrogen-bond acceptors (Lipinski definition) is 5. The second kappa shape index (κ2) is 15.8. The van der Waals surface area contributed by atoms with E-state index in [0.29, 0.717) is 17.0 Å². The lowest BCUT2D eigenvalue weighted by Gasteiger charge is -2.34. The molecule has 2 atom stereocenters. The summed E-state index contributed by atoms with van der Waals surface area (Å²) in [6.45, 7) is 5.08. The Morgan fingerprint density at radius 3 is 2.17 bits per heavy atom. The molecule has 10 heteroatoms. The zero-order valence-electron chi connectivity index (χ0n) is 26.5. The molecule has 0 aromatic heterocycles. The van der Waals surface area contributed by atoms with Crippen LogP contribution >= 0.6 is 11.6 Å². The van der Waals surface area contributed by atoms with Gasteiger partial charge in [0.2, 0.25) is 11.8 Å². The summed E-state index contributed by atoms with van der Waals surface area (Å²) in [5.74, 6) is -0.640. The highest BCUT2D eigenvalue weighted by Gasteiger charge is 2.36. The Bertz CT molecular complexity index is 1740. The Hall–Kier alpha value is -4.34. The Kier molecular flexibility index (Phi) is 11.8. The third-order valence-electron chi connectivity index (χ3n) is 7.78. The van der Waals surface area contributed by atoms with Gasteiger partial charge in [-0.25, -0.2) is 8.42 Å². The molecule has 46 heavy (non-hydrogen) atoms. The highest BCUT2D eigenvalue weighted by Crippen LogP contribution is 2.34. The summed E-state index contributed by atoms with van der Waals surface area (Å²) in [5, 5.41) is 3.46. The molecule has 2 amide bonds. The van der Waals surface area contributed by atoms with Gasteiger partial charge >= 0.3 is 0 Å². The van der Waals surface area contributed by atoms with Crippen LogP contribution in [-0.2, 0) is 32.6 Å². The molecule has 242 valence electrons. The van der Waals surface area contributed by atoms with E-state index in [1.54, 1.807) is 60.7 Å². The number of ether oxygens (including phenoxy) is 1. The van der Waals surface area contributed by atoms with E-state index in [-0.39, 0.29) is 41.2 Å². The van der Waals surface area contributed by atoms with Crippen molar-refractivity contribution in [1.82, 2.24) is 10.2 Å². The van der Waals surface area contributed by atoms with Gasteiger partial charge in [-0.2, -0.15) is 0 Å². The fourth-order valence-electron chi connectivity index (χ4n) is 5.03. The number of nitrogens with one attached hydrogen (secondary N) is 1. The van der Waals surface area contributed by atoms with Gasteiger partial charge in [-0.3, -0.25) is 13.9 Å². The van der Waals surface area contributed by atoms with E-state index in [1.165, 1.54) is 24.1 Å². The number of anilines is 1. The number of amides is 2. The molecule has 0 saturated carbocycles. The molecule has 0 heterocycles. The molecular weight excluding hydrogens is 622 g/mol. The normalized spacial score (nSPS) is 12.5. The Balaban J connectivity index is 1.86. The molecule has 0 bridgehead atoms. The third-order valence-corrected chi connectivity index (χ3v) is 9.93. The first kappa shape index (κ1) is 34.5. The lowest BCUT2D eigenvalue weighted by molar-refractivity contribution is -0.140. The smallest absolute Gasteiger partial charge is 0.264 e. The second-order valence-electron chi connectivity index (χ2n) is 11.1. The molecule has 2 unspecified atom stereocenters. The minimum absolute atomic E-state index is 0.0133. The van der Waals surface area contributed by atoms with Crippen LogP contribution in [0.4, 0.5) is 5.69 Å². The molecule has 4 aromatic rings. The van der Waals surface area contributed by atoms with Crippen molar-refractivity contribution in [2.45, 2.75) is 57.1 Å². The topological polar surface area (TPSA) is 96.0 Å². The number of aryl methyl sites for hydroxylation is 1. The van der Waals surface area contributed by atoms with Crippen LogP contribution in [0, 0.1) is 6.92 Å². The molecule has 0 aliphatic heterocycles. The molecule has 0 aliphatic rings. The van der Waals surface area contributed by atoms with Gasteiger partial charge in [-0.1, -0.05) is 91.3 Å². The summed E-state index contributed by atoms with van der Waals surface area (Å²) in [7, 11) is -2.82. The van der Waals surface area contributed by atoms with Crippen LogP contribution in [0.2, 0.25) is 5.02 Å². The molecule has 0 fully saturated rings. The maximum Gasteiger partial charge on any atom is 0.264 e. The number of halogens is 1. The molecule has 0 spiro atoms. The Labute approximate surface area is 277 Å². The SMILES string of the molecule is CCC(C)NC(=O)C(Cc1ccccc1)N(Cc1ccccc1Cl)C(=O)CN(c1cc(C)ccc1OC)S(=O)(=O)c1ccccc1. The van der Waals surface area contributed by atoms with Gasteiger partial charge in [-0.05, 0) is 67.3 Å². The number of carbonyl (C=O) groups is 2. The van der Waals surface area contributed by atoms with E-state index in [0.717, 1.165) is 15.4 Å². The highest BCUT2D eigenvalue weighted by molar-refractivity contribution is 7.92. The number of carbonyl (C=O) groups excluding carboxylic acids is 2. The van der Waals surface area contributed by atoms with Crippen LogP contribution in [0.25, 0.3) is 0 Å². The minimum atomic E-state index is -4.26. The van der Waals surface area contributed by atoms with E-state index in [4.69, 9.17) is 16.3 Å². The van der Waals surface area contributed by atoms with Crippen molar-refractivity contribution in [1.29, 1.82) is 0 Å². The molecule has 0 saturated heterocycles. The van der Waals surface area contributed by atoms with Crippen LogP contribution in [0.1, 0.15) is 37.0 Å². The lowest BCUT2D eigenvalue weighted by Crippen LogP contribution is -2.54. The molecule has 0 radical (unpaired) electrons. The van der Waals surface area contributed by atoms with Crippen LogP contribution in [-0.4, -0.2) is 50.9 Å². The maximum atomic E-state index is 14.7. The number of methoxy groups -OCH3 is 1. The summed E-state index contributed by atoms with van der Waals surface area (Å²) in [4.78, 5) is 30.1. The van der Waals surface area contributed by atoms with Crippen LogP contribution in [0.3, 0.4) is 0 Å². The average molecular weight is 662 g/mol. The number of benzene rings is 4. The summed E-state index contributed by atoms with van der Waals surface area (Å²) in [6.07, 6.45) is 0.900. The van der Waals surface area contributed by atoms with Crippen LogP contribution < -0.4 is 14.4 Å². The maximum absolute atomic E-state index is 14.7. The van der Waals surface area contributed by atoms with Crippen molar-refractivity contribution in [2.24, 2.45) is 0 Å². The lowest BCUT2D eigenvalue weighted by atomic mass is 10.0. The summed E-state index contributed by atoms with van der Waals surface area (Å²) >= 11 is 6.57. The zero-order chi connectivity index (χ0) is 33.3. The van der Waals surface area contributed by atoms with Crippen molar-refractivity contribution in [2.75, 3.05) is 18.0 Å². The fraction of sp³-hybridized carbons (Fsp3) is 0.278. The summed E-state index contributed by atoms with van der Waals surface area (Å²) in [5.41, 5.74) is 2.45. The van der Waals surface area contributed by atoms with Crippen LogP contribution in [0.15, 0.2) is 108 Å². The van der Waals surface area contributed by atoms with Gasteiger partial charge in [0.15, 0.2) is 0 Å². The summed E-state index contributed by atoms with van der Waals surface area (Å²) in [6, 6.07) is 28.5. The third kappa shape index (κ3) is 8.47. The second-order valence-corrected chi connectivity index (χ2v) is 13.4. The van der Waals surface area contributed by atoms with E-state index in [1.807, 2.05) is 51.1 Å². The standard InChI is InChI=1S/C36H40ClN3O5S/c1-5-27(3)38-36(42)33(23-28-14-8-6-9-15-28)39(24-29-16-12-13-19-31(29)37)35(41)25-40(32-22-26(2)20-21-34(32)45-4)46(43,44)30-17-10-7-11-18-30/h6-22,27,33H,5,23-25H2,1-4H3,(H,38,42). The van der Waals surface area contributed by atoms with Crippen molar-refractivity contribution in [3.63, 3.8) is 0 Å². The minimum Gasteiger partial charge on any atom is -0.495 e. The molecule has 0 aliphatic carbocycles. The predicted molar refractivity (Wildman–Crippen MR) is 183 cm³/mol. The molecule has 8 nitrogen and oxygen atoms in total. The van der Waals surface area contributed by atoms with E-state index in [9.17, 15) is 18.0 Å². The van der Waals surface area contributed by atoms with Gasteiger partial charge in [-0.15, -0.1) is 0 Å². The number of rotatable bonds is 14. The van der Waals surface area contributed by atoms with E-state index >= 15 is 0 Å². The molecular formula is C36H40ClN3O5S. The first-order valence-electron chi connectivity index (χ1n) is 15.1. The average Bonchev–Trinajstić information content (AvgIpc) is 3.06. The molecule has 4 aromatic carbocycles. The van der Waals surface area contributed by atoms with Gasteiger partial charge < -0.3 is 15.0 Å². The zero-order valence-corrected chi connectivity index (χ0v) is 28.1. The first-order valence-corrected chi connectivity index (χ1v) is 17.0. The Morgan fingerprint density at radius 2 is 1.54 bits per heavy atom. The quantitative estimate of drug-likeness (QED) is 0.169.